The molecule has 0 saturated heterocycles. The van der Waals surface area contributed by atoms with E-state index >= 15 is 0 Å². The fourth-order valence-electron chi connectivity index (χ4n) is 2.01. The lowest BCUT2D eigenvalue weighted by Crippen LogP contribution is -2.26. The van der Waals surface area contributed by atoms with Gasteiger partial charge < -0.3 is 10.6 Å². The van der Waals surface area contributed by atoms with E-state index in [4.69, 9.17) is 28.9 Å². The van der Waals surface area contributed by atoms with E-state index in [2.05, 4.69) is 26.7 Å². The quantitative estimate of drug-likeness (QED) is 0.919. The van der Waals surface area contributed by atoms with E-state index in [0.29, 0.717) is 21.9 Å². The highest BCUT2D eigenvalue weighted by Crippen LogP contribution is 2.38. The molecular formula is C13H13Cl2N3S. The molecule has 1 fully saturated rings. The molecule has 1 aliphatic rings. The third kappa shape index (κ3) is 2.81. The number of anilines is 2. The Balaban J connectivity index is 1.94. The van der Waals surface area contributed by atoms with Crippen molar-refractivity contribution in [1.82, 2.24) is 4.98 Å². The smallest absolute Gasteiger partial charge is 0.150 e. The van der Waals surface area contributed by atoms with Gasteiger partial charge in [-0.15, -0.1) is 0 Å². The fourth-order valence-corrected chi connectivity index (χ4v) is 3.14. The van der Waals surface area contributed by atoms with Gasteiger partial charge in [0.1, 0.15) is 11.6 Å². The van der Waals surface area contributed by atoms with E-state index in [1.54, 1.807) is 17.4 Å². The number of halogens is 2. The Morgan fingerprint density at radius 1 is 1.37 bits per heavy atom. The minimum Gasteiger partial charge on any atom is -0.382 e. The van der Waals surface area contributed by atoms with Crippen LogP contribution in [0.3, 0.4) is 0 Å². The highest BCUT2D eigenvalue weighted by Gasteiger charge is 2.31. The summed E-state index contributed by atoms with van der Waals surface area (Å²) in [6.45, 7) is 0.807. The maximum absolute atomic E-state index is 6.27. The summed E-state index contributed by atoms with van der Waals surface area (Å²) in [6, 6.07) is 4.29. The molecule has 0 aromatic carbocycles. The second-order valence-corrected chi connectivity index (χ2v) is 6.25. The molecule has 2 N–H and O–H groups in total. The first-order valence-electron chi connectivity index (χ1n) is 6.04. The second-order valence-electron chi connectivity index (χ2n) is 4.65. The number of nitrogen functional groups attached to an aromatic ring is 1. The lowest BCUT2D eigenvalue weighted by atomic mass is 10.3. The van der Waals surface area contributed by atoms with Crippen LogP contribution in [-0.2, 0) is 6.54 Å². The Morgan fingerprint density at radius 3 is 2.79 bits per heavy atom. The molecule has 0 atom stereocenters. The van der Waals surface area contributed by atoms with Crippen LogP contribution in [0, 0.1) is 0 Å². The summed E-state index contributed by atoms with van der Waals surface area (Å²) in [5, 5.41) is 5.18. The fraction of sp³-hybridized carbons (Fsp3) is 0.308. The normalized spacial score (nSPS) is 14.6. The van der Waals surface area contributed by atoms with Gasteiger partial charge in [0, 0.05) is 12.6 Å². The lowest BCUT2D eigenvalue weighted by molar-refractivity contribution is 0.781. The molecule has 100 valence electrons. The predicted octanol–water partition coefficient (Wildman–Crippen LogP) is 4.20. The van der Waals surface area contributed by atoms with Gasteiger partial charge in [-0.05, 0) is 41.3 Å². The van der Waals surface area contributed by atoms with E-state index in [-0.39, 0.29) is 0 Å². The van der Waals surface area contributed by atoms with Crippen molar-refractivity contribution in [1.29, 1.82) is 0 Å². The average Bonchev–Trinajstić information content (AvgIpc) is 3.09. The number of aromatic nitrogens is 1. The number of hydrogen-bond donors (Lipinski definition) is 1. The molecule has 1 aliphatic carbocycles. The van der Waals surface area contributed by atoms with Crippen molar-refractivity contribution in [2.45, 2.75) is 25.4 Å². The Hall–Kier alpha value is -0.970. The van der Waals surface area contributed by atoms with Gasteiger partial charge in [0.25, 0.3) is 0 Å². The summed E-state index contributed by atoms with van der Waals surface area (Å²) in [5.41, 5.74) is 7.06. The van der Waals surface area contributed by atoms with Crippen LogP contribution >= 0.6 is 34.5 Å². The first-order chi connectivity index (χ1) is 9.15. The highest BCUT2D eigenvalue weighted by atomic mass is 35.5. The molecule has 0 bridgehead atoms. The summed E-state index contributed by atoms with van der Waals surface area (Å²) in [7, 11) is 0. The third-order valence-electron chi connectivity index (χ3n) is 3.13. The Bertz CT molecular complexity index is 582. The maximum Gasteiger partial charge on any atom is 0.150 e. The van der Waals surface area contributed by atoms with Gasteiger partial charge in [-0.1, -0.05) is 23.2 Å². The lowest BCUT2D eigenvalue weighted by Gasteiger charge is -2.24. The summed E-state index contributed by atoms with van der Waals surface area (Å²) in [4.78, 5) is 6.58. The van der Waals surface area contributed by atoms with Gasteiger partial charge in [0.05, 0.1) is 10.0 Å². The van der Waals surface area contributed by atoms with Crippen LogP contribution < -0.4 is 10.6 Å². The predicted molar refractivity (Wildman–Crippen MR) is 82.2 cm³/mol. The van der Waals surface area contributed by atoms with Crippen molar-refractivity contribution in [3.8, 4) is 0 Å². The van der Waals surface area contributed by atoms with E-state index in [9.17, 15) is 0 Å². The Kier molecular flexibility index (Phi) is 3.56. The van der Waals surface area contributed by atoms with Crippen molar-refractivity contribution in [2.75, 3.05) is 10.6 Å². The summed E-state index contributed by atoms with van der Waals surface area (Å²) >= 11 is 13.9. The number of hydrogen-bond acceptors (Lipinski definition) is 4. The van der Waals surface area contributed by atoms with E-state index in [1.165, 1.54) is 18.4 Å². The molecule has 6 heteroatoms. The standard InChI is InChI=1S/C13H13Cl2N3S/c14-10-5-11(15)13(17-12(10)16)18(9-1-2-9)6-8-3-4-19-7-8/h3-5,7,9H,1-2,6H2,(H2,16,17). The van der Waals surface area contributed by atoms with Gasteiger partial charge in [-0.3, -0.25) is 0 Å². The van der Waals surface area contributed by atoms with Crippen molar-refractivity contribution in [3.05, 3.63) is 38.5 Å². The molecule has 3 nitrogen and oxygen atoms in total. The summed E-state index contributed by atoms with van der Waals surface area (Å²) in [5.74, 6) is 1.06. The first-order valence-corrected chi connectivity index (χ1v) is 7.74. The topological polar surface area (TPSA) is 42.1 Å². The zero-order valence-electron chi connectivity index (χ0n) is 10.1. The third-order valence-corrected chi connectivity index (χ3v) is 4.44. The molecule has 0 radical (unpaired) electrons. The van der Waals surface area contributed by atoms with Crippen molar-refractivity contribution in [3.63, 3.8) is 0 Å². The number of nitrogens with zero attached hydrogens (tertiary/aromatic N) is 2. The number of rotatable bonds is 4. The van der Waals surface area contributed by atoms with Crippen molar-refractivity contribution < 1.29 is 0 Å². The van der Waals surface area contributed by atoms with Gasteiger partial charge >= 0.3 is 0 Å². The first kappa shape index (κ1) is 13.0. The molecular weight excluding hydrogens is 301 g/mol. The molecule has 1 saturated carbocycles. The summed E-state index contributed by atoms with van der Waals surface area (Å²) < 4.78 is 0. The number of thiophene rings is 1. The summed E-state index contributed by atoms with van der Waals surface area (Å²) in [6.07, 6.45) is 2.34. The minimum absolute atomic E-state index is 0.331. The highest BCUT2D eigenvalue weighted by molar-refractivity contribution is 7.07. The van der Waals surface area contributed by atoms with Crippen LogP contribution in [0.15, 0.2) is 22.9 Å². The minimum atomic E-state index is 0.331. The monoisotopic (exact) mass is 313 g/mol. The second kappa shape index (κ2) is 5.19. The Labute approximate surface area is 126 Å². The average molecular weight is 314 g/mol. The maximum atomic E-state index is 6.27. The van der Waals surface area contributed by atoms with Crippen molar-refractivity contribution in [2.24, 2.45) is 0 Å². The van der Waals surface area contributed by atoms with Crippen molar-refractivity contribution >= 4 is 46.2 Å². The molecule has 0 unspecified atom stereocenters. The molecule has 0 amide bonds. The zero-order chi connectivity index (χ0) is 13.4. The molecule has 19 heavy (non-hydrogen) atoms. The molecule has 0 aliphatic heterocycles. The van der Waals surface area contributed by atoms with Crippen LogP contribution in [0.4, 0.5) is 11.6 Å². The van der Waals surface area contributed by atoms with Crippen LogP contribution in [0.1, 0.15) is 18.4 Å². The van der Waals surface area contributed by atoms with Crippen LogP contribution in [0.2, 0.25) is 10.0 Å². The van der Waals surface area contributed by atoms with Gasteiger partial charge in [0.15, 0.2) is 0 Å². The van der Waals surface area contributed by atoms with Gasteiger partial charge in [0.2, 0.25) is 0 Å². The number of pyridine rings is 1. The van der Waals surface area contributed by atoms with E-state index in [0.717, 1.165) is 12.4 Å². The molecule has 0 spiro atoms. The van der Waals surface area contributed by atoms with Gasteiger partial charge in [-0.25, -0.2) is 4.98 Å². The molecule has 2 aromatic heterocycles. The molecule has 2 heterocycles. The Morgan fingerprint density at radius 2 is 2.16 bits per heavy atom. The number of nitrogens with two attached hydrogens (primary N) is 1. The SMILES string of the molecule is Nc1nc(N(Cc2ccsc2)C2CC2)c(Cl)cc1Cl. The van der Waals surface area contributed by atoms with E-state index in [1.807, 2.05) is 0 Å². The van der Waals surface area contributed by atoms with E-state index < -0.39 is 0 Å². The van der Waals surface area contributed by atoms with Crippen LogP contribution in [-0.4, -0.2) is 11.0 Å². The zero-order valence-corrected chi connectivity index (χ0v) is 12.5. The van der Waals surface area contributed by atoms with Gasteiger partial charge in [-0.2, -0.15) is 11.3 Å². The van der Waals surface area contributed by atoms with Crippen LogP contribution in [0.5, 0.6) is 0 Å². The largest absolute Gasteiger partial charge is 0.382 e. The van der Waals surface area contributed by atoms with Crippen LogP contribution in [0.25, 0.3) is 0 Å². The molecule has 3 rings (SSSR count). The molecule has 2 aromatic rings.